The fourth-order valence-corrected chi connectivity index (χ4v) is 2.67. The van der Waals surface area contributed by atoms with Crippen molar-refractivity contribution < 1.29 is 14.3 Å². The summed E-state index contributed by atoms with van der Waals surface area (Å²) in [4.78, 5) is 12.2. The lowest BCUT2D eigenvalue weighted by molar-refractivity contribution is -0.117. The van der Waals surface area contributed by atoms with E-state index in [4.69, 9.17) is 21.1 Å². The second-order valence-corrected chi connectivity index (χ2v) is 6.39. The summed E-state index contributed by atoms with van der Waals surface area (Å²) in [5.74, 6) is 2.56. The van der Waals surface area contributed by atoms with Crippen LogP contribution >= 0.6 is 11.6 Å². The minimum absolute atomic E-state index is 0.0151. The Morgan fingerprint density at radius 1 is 1.21 bits per heavy atom. The molecule has 1 fully saturated rings. The molecule has 0 saturated heterocycles. The number of carbonyl (C=O) groups is 1. The molecule has 2 unspecified atom stereocenters. The predicted molar refractivity (Wildman–Crippen MR) is 95.0 cm³/mol. The Hall–Kier alpha value is -2.20. The molecule has 1 aliphatic carbocycles. The number of amides is 1. The highest BCUT2D eigenvalue weighted by atomic mass is 35.5. The molecule has 0 bridgehead atoms. The van der Waals surface area contributed by atoms with Gasteiger partial charge in [-0.05, 0) is 61.7 Å². The molecule has 1 amide bonds. The Morgan fingerprint density at radius 2 is 1.88 bits per heavy atom. The second kappa shape index (κ2) is 7.14. The number of anilines is 1. The zero-order valence-electron chi connectivity index (χ0n) is 13.7. The molecule has 0 aromatic heterocycles. The van der Waals surface area contributed by atoms with Gasteiger partial charge in [-0.2, -0.15) is 0 Å². The third-order valence-electron chi connectivity index (χ3n) is 4.01. The van der Waals surface area contributed by atoms with Crippen LogP contribution in [0.4, 0.5) is 5.69 Å². The number of halogens is 1. The number of benzene rings is 2. The fraction of sp³-hybridized carbons (Fsp3) is 0.316. The van der Waals surface area contributed by atoms with E-state index >= 15 is 0 Å². The minimum Gasteiger partial charge on any atom is -0.494 e. The molecule has 3 rings (SSSR count). The van der Waals surface area contributed by atoms with Crippen molar-refractivity contribution in [3.05, 3.63) is 47.5 Å². The van der Waals surface area contributed by atoms with E-state index in [-0.39, 0.29) is 11.8 Å². The van der Waals surface area contributed by atoms with Gasteiger partial charge < -0.3 is 14.8 Å². The van der Waals surface area contributed by atoms with E-state index < -0.39 is 0 Å². The van der Waals surface area contributed by atoms with Crippen molar-refractivity contribution in [1.29, 1.82) is 0 Å². The minimum atomic E-state index is 0.0151. The van der Waals surface area contributed by atoms with Crippen LogP contribution in [0, 0.1) is 11.8 Å². The maximum atomic E-state index is 12.2. The van der Waals surface area contributed by atoms with Gasteiger partial charge in [0, 0.05) is 10.9 Å². The van der Waals surface area contributed by atoms with Gasteiger partial charge in [-0.15, -0.1) is 0 Å². The average molecular weight is 346 g/mol. The number of rotatable bonds is 6. The molecule has 0 aliphatic heterocycles. The Kier molecular flexibility index (Phi) is 4.95. The number of nitrogens with one attached hydrogen (secondary N) is 1. The maximum Gasteiger partial charge on any atom is 0.227 e. The van der Waals surface area contributed by atoms with Crippen LogP contribution in [0.2, 0.25) is 5.02 Å². The molecule has 24 heavy (non-hydrogen) atoms. The number of ether oxygens (including phenoxy) is 2. The second-order valence-electron chi connectivity index (χ2n) is 5.96. The van der Waals surface area contributed by atoms with Gasteiger partial charge in [-0.25, -0.2) is 0 Å². The van der Waals surface area contributed by atoms with E-state index in [1.807, 2.05) is 31.2 Å². The molecule has 1 N–H and O–H groups in total. The summed E-state index contributed by atoms with van der Waals surface area (Å²) in [7, 11) is 0. The van der Waals surface area contributed by atoms with E-state index in [1.54, 1.807) is 18.2 Å². The first kappa shape index (κ1) is 16.7. The molecule has 0 radical (unpaired) electrons. The zero-order valence-corrected chi connectivity index (χ0v) is 14.5. The van der Waals surface area contributed by atoms with Crippen LogP contribution in [0.25, 0.3) is 0 Å². The van der Waals surface area contributed by atoms with Crippen LogP contribution in [0.1, 0.15) is 20.3 Å². The van der Waals surface area contributed by atoms with Gasteiger partial charge in [0.1, 0.15) is 11.5 Å². The first-order valence-electron chi connectivity index (χ1n) is 8.08. The molecule has 0 spiro atoms. The van der Waals surface area contributed by atoms with Crippen LogP contribution in [0.3, 0.4) is 0 Å². The van der Waals surface area contributed by atoms with Crippen molar-refractivity contribution in [1.82, 2.24) is 0 Å². The molecule has 2 aromatic rings. The molecule has 126 valence electrons. The average Bonchev–Trinajstić information content (AvgIpc) is 3.29. The highest BCUT2D eigenvalue weighted by Crippen LogP contribution is 2.40. The van der Waals surface area contributed by atoms with Gasteiger partial charge in [0.2, 0.25) is 5.91 Å². The summed E-state index contributed by atoms with van der Waals surface area (Å²) >= 11 is 6.06. The fourth-order valence-electron chi connectivity index (χ4n) is 2.50. The molecule has 4 nitrogen and oxygen atoms in total. The highest BCUT2D eigenvalue weighted by molar-refractivity contribution is 6.31. The Morgan fingerprint density at radius 3 is 2.50 bits per heavy atom. The molecule has 2 aromatic carbocycles. The van der Waals surface area contributed by atoms with Crippen molar-refractivity contribution in [2.75, 3.05) is 11.9 Å². The smallest absolute Gasteiger partial charge is 0.227 e. The lowest BCUT2D eigenvalue weighted by Gasteiger charge is -2.13. The van der Waals surface area contributed by atoms with Crippen molar-refractivity contribution in [2.45, 2.75) is 20.3 Å². The Labute approximate surface area is 146 Å². The third kappa shape index (κ3) is 4.01. The monoisotopic (exact) mass is 345 g/mol. The van der Waals surface area contributed by atoms with Gasteiger partial charge in [-0.1, -0.05) is 18.5 Å². The molecule has 5 heteroatoms. The van der Waals surface area contributed by atoms with E-state index in [0.717, 1.165) is 12.2 Å². The summed E-state index contributed by atoms with van der Waals surface area (Å²) in [6.45, 7) is 4.63. The van der Waals surface area contributed by atoms with Crippen molar-refractivity contribution in [2.24, 2.45) is 11.8 Å². The summed E-state index contributed by atoms with van der Waals surface area (Å²) in [6.07, 6.45) is 0.932. The largest absolute Gasteiger partial charge is 0.494 e. The molecular formula is C19H20ClNO3. The first-order chi connectivity index (χ1) is 11.6. The van der Waals surface area contributed by atoms with Crippen LogP contribution in [0.5, 0.6) is 17.2 Å². The number of hydrogen-bond acceptors (Lipinski definition) is 3. The van der Waals surface area contributed by atoms with Gasteiger partial charge in [-0.3, -0.25) is 4.79 Å². The van der Waals surface area contributed by atoms with Crippen LogP contribution in [-0.2, 0) is 4.79 Å². The van der Waals surface area contributed by atoms with Crippen LogP contribution in [-0.4, -0.2) is 12.5 Å². The summed E-state index contributed by atoms with van der Waals surface area (Å²) in [6, 6.07) is 12.5. The number of carbonyl (C=O) groups excluding carboxylic acids is 1. The van der Waals surface area contributed by atoms with Crippen molar-refractivity contribution in [3.63, 3.8) is 0 Å². The topological polar surface area (TPSA) is 47.6 Å². The molecule has 0 heterocycles. The Bertz CT molecular complexity index is 730. The lowest BCUT2D eigenvalue weighted by atomic mass is 10.2. The van der Waals surface area contributed by atoms with Crippen molar-refractivity contribution >= 4 is 23.2 Å². The summed E-state index contributed by atoms with van der Waals surface area (Å²) in [5, 5.41) is 3.47. The quantitative estimate of drug-likeness (QED) is 0.789. The van der Waals surface area contributed by atoms with E-state index in [9.17, 15) is 4.79 Å². The SMILES string of the molecule is CCOc1ccc(Oc2ccc(Cl)cc2NC(=O)C2CC2C)cc1. The Balaban J connectivity index is 1.75. The van der Waals surface area contributed by atoms with Gasteiger partial charge in [0.15, 0.2) is 5.75 Å². The zero-order chi connectivity index (χ0) is 17.1. The highest BCUT2D eigenvalue weighted by Gasteiger charge is 2.39. The maximum absolute atomic E-state index is 12.2. The lowest BCUT2D eigenvalue weighted by Crippen LogP contribution is -2.15. The summed E-state index contributed by atoms with van der Waals surface area (Å²) in [5.41, 5.74) is 0.584. The molecule has 1 saturated carbocycles. The van der Waals surface area contributed by atoms with E-state index in [1.165, 1.54) is 0 Å². The van der Waals surface area contributed by atoms with Crippen LogP contribution in [0.15, 0.2) is 42.5 Å². The third-order valence-corrected chi connectivity index (χ3v) is 4.24. The van der Waals surface area contributed by atoms with Gasteiger partial charge >= 0.3 is 0 Å². The standard InChI is InChI=1S/C19H20ClNO3/c1-3-23-14-5-7-15(8-6-14)24-18-9-4-13(20)11-17(18)21-19(22)16-10-12(16)2/h4-9,11-12,16H,3,10H2,1-2H3,(H,21,22). The van der Waals surface area contributed by atoms with E-state index in [2.05, 4.69) is 12.2 Å². The first-order valence-corrected chi connectivity index (χ1v) is 8.45. The molecule has 2 atom stereocenters. The van der Waals surface area contributed by atoms with Gasteiger partial charge in [0.25, 0.3) is 0 Å². The van der Waals surface area contributed by atoms with E-state index in [0.29, 0.717) is 34.7 Å². The normalized spacial score (nSPS) is 18.8. The number of hydrogen-bond donors (Lipinski definition) is 1. The summed E-state index contributed by atoms with van der Waals surface area (Å²) < 4.78 is 11.3. The molecular weight excluding hydrogens is 326 g/mol. The predicted octanol–water partition coefficient (Wildman–Crippen LogP) is 5.13. The van der Waals surface area contributed by atoms with Crippen molar-refractivity contribution in [3.8, 4) is 17.2 Å². The van der Waals surface area contributed by atoms with Gasteiger partial charge in [0.05, 0.1) is 12.3 Å². The van der Waals surface area contributed by atoms with Crippen LogP contribution < -0.4 is 14.8 Å². The molecule has 1 aliphatic rings.